The third-order valence-electron chi connectivity index (χ3n) is 3.32. The maximum Gasteiger partial charge on any atom is 0.160 e. The molecular formula is C15H16Cl2O. The summed E-state index contributed by atoms with van der Waals surface area (Å²) in [5.41, 5.74) is 2.89. The molecule has 2 rings (SSSR count). The van der Waals surface area contributed by atoms with Gasteiger partial charge in [0.25, 0.3) is 0 Å². The number of Topliss-reactive ketones (excluding diaryl/α,β-unsaturated/α-hetero) is 1. The maximum absolute atomic E-state index is 12.1. The standard InChI is InChI=1S/C15H16Cl2O/c1-15(2)7-12(13(9-16)14(18)8-15)10-3-5-11(17)6-4-10/h3-6H,7-9H2,1-2H3. The lowest BCUT2D eigenvalue weighted by molar-refractivity contribution is -0.117. The molecule has 1 nitrogen and oxygen atoms in total. The summed E-state index contributed by atoms with van der Waals surface area (Å²) in [6.07, 6.45) is 1.45. The minimum absolute atomic E-state index is 0.00160. The van der Waals surface area contributed by atoms with Crippen molar-refractivity contribution in [3.05, 3.63) is 40.4 Å². The molecular weight excluding hydrogens is 267 g/mol. The first kappa shape index (κ1) is 13.6. The monoisotopic (exact) mass is 282 g/mol. The number of halogens is 2. The topological polar surface area (TPSA) is 17.1 Å². The highest BCUT2D eigenvalue weighted by Crippen LogP contribution is 2.41. The number of hydrogen-bond acceptors (Lipinski definition) is 1. The highest BCUT2D eigenvalue weighted by atomic mass is 35.5. The Hall–Kier alpha value is -0.790. The van der Waals surface area contributed by atoms with Crippen LogP contribution in [-0.2, 0) is 4.79 Å². The molecule has 0 N–H and O–H groups in total. The lowest BCUT2D eigenvalue weighted by Crippen LogP contribution is -2.25. The summed E-state index contributed by atoms with van der Waals surface area (Å²) in [5, 5.41) is 0.702. The second-order valence-corrected chi connectivity index (χ2v) is 6.24. The first-order valence-corrected chi connectivity index (χ1v) is 6.91. The van der Waals surface area contributed by atoms with Gasteiger partial charge in [-0.15, -0.1) is 11.6 Å². The van der Waals surface area contributed by atoms with Gasteiger partial charge in [-0.2, -0.15) is 0 Å². The highest BCUT2D eigenvalue weighted by molar-refractivity contribution is 6.30. The fraction of sp³-hybridized carbons (Fsp3) is 0.400. The Balaban J connectivity index is 2.50. The van der Waals surface area contributed by atoms with Gasteiger partial charge in [-0.1, -0.05) is 37.6 Å². The van der Waals surface area contributed by atoms with Gasteiger partial charge in [0, 0.05) is 17.0 Å². The largest absolute Gasteiger partial charge is 0.294 e. The maximum atomic E-state index is 12.1. The molecule has 96 valence electrons. The number of carbonyl (C=O) groups is 1. The highest BCUT2D eigenvalue weighted by Gasteiger charge is 2.32. The van der Waals surface area contributed by atoms with Crippen molar-refractivity contribution in [2.24, 2.45) is 5.41 Å². The van der Waals surface area contributed by atoms with Gasteiger partial charge in [0.2, 0.25) is 0 Å². The van der Waals surface area contributed by atoms with E-state index in [-0.39, 0.29) is 17.1 Å². The zero-order valence-corrected chi connectivity index (χ0v) is 12.1. The molecule has 0 unspecified atom stereocenters. The van der Waals surface area contributed by atoms with Gasteiger partial charge in [0.15, 0.2) is 5.78 Å². The van der Waals surface area contributed by atoms with Crippen molar-refractivity contribution in [3.8, 4) is 0 Å². The van der Waals surface area contributed by atoms with Gasteiger partial charge in [-0.05, 0) is 35.1 Å². The molecule has 0 heterocycles. The Labute approximate surface area is 118 Å². The van der Waals surface area contributed by atoms with Crippen LogP contribution in [0.1, 0.15) is 32.3 Å². The van der Waals surface area contributed by atoms with Gasteiger partial charge in [0.05, 0.1) is 5.88 Å². The zero-order valence-electron chi connectivity index (χ0n) is 10.6. The SMILES string of the molecule is CC1(C)CC(=O)C(CCl)=C(c2ccc(Cl)cc2)C1. The molecule has 3 heteroatoms. The Kier molecular flexibility index (Phi) is 3.84. The van der Waals surface area contributed by atoms with Gasteiger partial charge in [-0.3, -0.25) is 4.79 Å². The molecule has 0 fully saturated rings. The van der Waals surface area contributed by atoms with Crippen molar-refractivity contribution in [2.75, 3.05) is 5.88 Å². The van der Waals surface area contributed by atoms with E-state index in [1.54, 1.807) is 0 Å². The molecule has 1 aliphatic carbocycles. The van der Waals surface area contributed by atoms with Crippen LogP contribution in [0, 0.1) is 5.41 Å². The van der Waals surface area contributed by atoms with Crippen LogP contribution in [0.3, 0.4) is 0 Å². The molecule has 0 atom stereocenters. The van der Waals surface area contributed by atoms with E-state index in [0.717, 1.165) is 23.1 Å². The zero-order chi connectivity index (χ0) is 13.3. The van der Waals surface area contributed by atoms with E-state index in [1.807, 2.05) is 24.3 Å². The Morgan fingerprint density at radius 3 is 2.33 bits per heavy atom. The third kappa shape index (κ3) is 2.78. The quantitative estimate of drug-likeness (QED) is 0.718. The summed E-state index contributed by atoms with van der Waals surface area (Å²) in [6, 6.07) is 7.61. The Morgan fingerprint density at radius 1 is 1.17 bits per heavy atom. The van der Waals surface area contributed by atoms with Gasteiger partial charge < -0.3 is 0 Å². The van der Waals surface area contributed by atoms with E-state index >= 15 is 0 Å². The van der Waals surface area contributed by atoms with Crippen LogP contribution in [0.5, 0.6) is 0 Å². The summed E-state index contributed by atoms with van der Waals surface area (Å²) in [7, 11) is 0. The van der Waals surface area contributed by atoms with Gasteiger partial charge in [0.1, 0.15) is 0 Å². The lowest BCUT2D eigenvalue weighted by Gasteiger charge is -2.32. The van der Waals surface area contributed by atoms with E-state index in [1.165, 1.54) is 0 Å². The van der Waals surface area contributed by atoms with Gasteiger partial charge in [-0.25, -0.2) is 0 Å². The Bertz CT molecular complexity index is 498. The summed E-state index contributed by atoms with van der Waals surface area (Å²) in [4.78, 5) is 12.1. The molecule has 18 heavy (non-hydrogen) atoms. The predicted octanol–water partition coefficient (Wildman–Crippen LogP) is 4.72. The first-order valence-electron chi connectivity index (χ1n) is 6.00. The summed E-state index contributed by atoms with van der Waals surface area (Å²) in [5.74, 6) is 0.457. The molecule has 0 saturated carbocycles. The number of alkyl halides is 1. The van der Waals surface area contributed by atoms with Crippen LogP contribution in [0.4, 0.5) is 0 Å². The minimum Gasteiger partial charge on any atom is -0.294 e. The van der Waals surface area contributed by atoms with Crippen LogP contribution in [0.15, 0.2) is 29.8 Å². The summed E-state index contributed by atoms with van der Waals surface area (Å²) in [6.45, 7) is 4.23. The molecule has 0 aromatic heterocycles. The van der Waals surface area contributed by atoms with Crippen LogP contribution in [0.2, 0.25) is 5.02 Å². The van der Waals surface area contributed by atoms with E-state index < -0.39 is 0 Å². The molecule has 0 aliphatic heterocycles. The van der Waals surface area contributed by atoms with Crippen molar-refractivity contribution in [1.29, 1.82) is 0 Å². The second-order valence-electron chi connectivity index (χ2n) is 5.54. The molecule has 0 saturated heterocycles. The molecule has 1 aromatic carbocycles. The fourth-order valence-electron chi connectivity index (χ4n) is 2.44. The molecule has 0 bridgehead atoms. The van der Waals surface area contributed by atoms with Crippen molar-refractivity contribution >= 4 is 34.6 Å². The number of carbonyl (C=O) groups excluding carboxylic acids is 1. The number of benzene rings is 1. The van der Waals surface area contributed by atoms with Crippen molar-refractivity contribution < 1.29 is 4.79 Å². The van der Waals surface area contributed by atoms with E-state index in [9.17, 15) is 4.79 Å². The minimum atomic E-state index is 0.00160. The molecule has 0 radical (unpaired) electrons. The van der Waals surface area contributed by atoms with Crippen LogP contribution in [-0.4, -0.2) is 11.7 Å². The Morgan fingerprint density at radius 2 is 1.78 bits per heavy atom. The van der Waals surface area contributed by atoms with Crippen LogP contribution in [0.25, 0.3) is 5.57 Å². The first-order chi connectivity index (χ1) is 8.43. The summed E-state index contributed by atoms with van der Waals surface area (Å²) < 4.78 is 0. The van der Waals surface area contributed by atoms with Crippen molar-refractivity contribution in [2.45, 2.75) is 26.7 Å². The molecule has 1 aliphatic rings. The predicted molar refractivity (Wildman–Crippen MR) is 77.1 cm³/mol. The van der Waals surface area contributed by atoms with E-state index in [0.29, 0.717) is 11.4 Å². The lowest BCUT2D eigenvalue weighted by atomic mass is 9.72. The number of allylic oxidation sites excluding steroid dienone is 2. The smallest absolute Gasteiger partial charge is 0.160 e. The third-order valence-corrected chi connectivity index (χ3v) is 3.84. The van der Waals surface area contributed by atoms with Crippen molar-refractivity contribution in [3.63, 3.8) is 0 Å². The van der Waals surface area contributed by atoms with Crippen molar-refractivity contribution in [1.82, 2.24) is 0 Å². The average Bonchev–Trinajstić information content (AvgIpc) is 2.28. The second kappa shape index (κ2) is 5.07. The van der Waals surface area contributed by atoms with Crippen LogP contribution < -0.4 is 0 Å². The molecule has 0 spiro atoms. The number of hydrogen-bond donors (Lipinski definition) is 0. The van der Waals surface area contributed by atoms with Crippen LogP contribution >= 0.6 is 23.2 Å². The summed E-state index contributed by atoms with van der Waals surface area (Å²) >= 11 is 11.8. The van der Waals surface area contributed by atoms with E-state index in [4.69, 9.17) is 23.2 Å². The number of rotatable bonds is 2. The average molecular weight is 283 g/mol. The normalized spacial score (nSPS) is 19.2. The van der Waals surface area contributed by atoms with E-state index in [2.05, 4.69) is 13.8 Å². The number of ketones is 1. The molecule has 0 amide bonds. The van der Waals surface area contributed by atoms with Gasteiger partial charge >= 0.3 is 0 Å². The molecule has 1 aromatic rings. The fourth-order valence-corrected chi connectivity index (χ4v) is 2.88.